The predicted octanol–water partition coefficient (Wildman–Crippen LogP) is 3.16. The summed E-state index contributed by atoms with van der Waals surface area (Å²) in [6.07, 6.45) is 3.79. The number of aryl methyl sites for hydroxylation is 2. The standard InChI is InChI=1S/C24H31N3O3/c1-17-8-9-18(2)20(15-17)25-11-13-26(14-12-25)24(29)23-19-7-5-4-6-10-27(19)22(28)16-21(23)30-3/h8-9,15-16H,4-7,10-14H2,1-3H3. The minimum Gasteiger partial charge on any atom is -0.496 e. The van der Waals surface area contributed by atoms with E-state index in [-0.39, 0.29) is 11.5 Å². The Morgan fingerprint density at radius 3 is 2.47 bits per heavy atom. The highest BCUT2D eigenvalue weighted by atomic mass is 16.5. The van der Waals surface area contributed by atoms with Crippen LogP contribution in [0.2, 0.25) is 0 Å². The van der Waals surface area contributed by atoms with Crippen molar-refractivity contribution in [2.45, 2.75) is 46.1 Å². The van der Waals surface area contributed by atoms with Crippen LogP contribution in [0.1, 0.15) is 46.4 Å². The lowest BCUT2D eigenvalue weighted by Gasteiger charge is -2.37. The fourth-order valence-electron chi connectivity index (χ4n) is 4.68. The Morgan fingerprint density at radius 1 is 0.967 bits per heavy atom. The molecule has 2 aliphatic rings. The molecule has 3 heterocycles. The van der Waals surface area contributed by atoms with Gasteiger partial charge in [0.2, 0.25) is 0 Å². The zero-order valence-corrected chi connectivity index (χ0v) is 18.2. The maximum Gasteiger partial charge on any atom is 0.259 e. The maximum atomic E-state index is 13.6. The Balaban J connectivity index is 1.59. The summed E-state index contributed by atoms with van der Waals surface area (Å²) >= 11 is 0. The second-order valence-electron chi connectivity index (χ2n) is 8.40. The van der Waals surface area contributed by atoms with Crippen molar-refractivity contribution < 1.29 is 9.53 Å². The van der Waals surface area contributed by atoms with Gasteiger partial charge in [0.25, 0.3) is 11.5 Å². The number of nitrogens with zero attached hydrogens (tertiary/aromatic N) is 3. The topological polar surface area (TPSA) is 54.8 Å². The number of piperazine rings is 1. The second kappa shape index (κ2) is 8.54. The van der Waals surface area contributed by atoms with Crippen LogP contribution in [0.4, 0.5) is 5.69 Å². The zero-order valence-electron chi connectivity index (χ0n) is 18.2. The summed E-state index contributed by atoms with van der Waals surface area (Å²) in [4.78, 5) is 30.4. The molecule has 2 aromatic rings. The van der Waals surface area contributed by atoms with Crippen molar-refractivity contribution >= 4 is 11.6 Å². The lowest BCUT2D eigenvalue weighted by molar-refractivity contribution is 0.0740. The van der Waals surface area contributed by atoms with Gasteiger partial charge in [-0.2, -0.15) is 0 Å². The number of anilines is 1. The van der Waals surface area contributed by atoms with Crippen molar-refractivity contribution in [3.05, 3.63) is 57.0 Å². The minimum atomic E-state index is -0.0694. The number of amides is 1. The molecule has 1 saturated heterocycles. The SMILES string of the molecule is COc1cc(=O)n2c(c1C(=O)N1CCN(c3cc(C)ccc3C)CC1)CCCCC2. The number of carbonyl (C=O) groups is 1. The number of pyridine rings is 1. The molecule has 1 fully saturated rings. The first kappa shape index (κ1) is 20.5. The number of fused-ring (bicyclic) bond motifs is 1. The van der Waals surface area contributed by atoms with Crippen LogP contribution < -0.4 is 15.2 Å². The fourth-order valence-corrected chi connectivity index (χ4v) is 4.68. The molecule has 0 aliphatic carbocycles. The summed E-state index contributed by atoms with van der Waals surface area (Å²) in [5.41, 5.74) is 5.11. The van der Waals surface area contributed by atoms with Gasteiger partial charge in [0, 0.05) is 50.2 Å². The number of aromatic nitrogens is 1. The van der Waals surface area contributed by atoms with E-state index in [1.165, 1.54) is 30.0 Å². The van der Waals surface area contributed by atoms with Crippen LogP contribution in [0.15, 0.2) is 29.1 Å². The lowest BCUT2D eigenvalue weighted by atomic mass is 10.0. The van der Waals surface area contributed by atoms with Gasteiger partial charge in [-0.3, -0.25) is 9.59 Å². The number of carbonyl (C=O) groups excluding carboxylic acids is 1. The number of ether oxygens (including phenoxy) is 1. The second-order valence-corrected chi connectivity index (χ2v) is 8.40. The molecule has 30 heavy (non-hydrogen) atoms. The molecule has 0 radical (unpaired) electrons. The third kappa shape index (κ3) is 3.83. The molecule has 0 saturated carbocycles. The summed E-state index contributed by atoms with van der Waals surface area (Å²) in [6, 6.07) is 7.99. The fraction of sp³-hybridized carbons (Fsp3) is 0.500. The molecule has 0 N–H and O–H groups in total. The number of rotatable bonds is 3. The van der Waals surface area contributed by atoms with E-state index in [1.807, 2.05) is 4.90 Å². The average molecular weight is 410 g/mol. The third-order valence-electron chi connectivity index (χ3n) is 6.38. The molecule has 6 heteroatoms. The quantitative estimate of drug-likeness (QED) is 0.781. The van der Waals surface area contributed by atoms with Crippen LogP contribution in [0.25, 0.3) is 0 Å². The Labute approximate surface area is 178 Å². The Kier molecular flexibility index (Phi) is 5.84. The summed E-state index contributed by atoms with van der Waals surface area (Å²) in [5, 5.41) is 0. The van der Waals surface area contributed by atoms with E-state index >= 15 is 0 Å². The van der Waals surface area contributed by atoms with E-state index in [1.54, 1.807) is 4.57 Å². The smallest absolute Gasteiger partial charge is 0.259 e. The molecule has 0 bridgehead atoms. The van der Waals surface area contributed by atoms with Crippen LogP contribution in [0, 0.1) is 13.8 Å². The van der Waals surface area contributed by atoms with Gasteiger partial charge in [0.1, 0.15) is 11.3 Å². The Hall–Kier alpha value is -2.76. The first-order valence-electron chi connectivity index (χ1n) is 10.9. The summed E-state index contributed by atoms with van der Waals surface area (Å²) < 4.78 is 7.28. The molecule has 1 amide bonds. The molecule has 0 spiro atoms. The van der Waals surface area contributed by atoms with E-state index < -0.39 is 0 Å². The van der Waals surface area contributed by atoms with E-state index in [0.29, 0.717) is 30.9 Å². The first-order chi connectivity index (χ1) is 14.5. The normalized spacial score (nSPS) is 16.8. The van der Waals surface area contributed by atoms with Gasteiger partial charge in [-0.25, -0.2) is 0 Å². The minimum absolute atomic E-state index is 0.0156. The first-order valence-corrected chi connectivity index (χ1v) is 10.9. The van der Waals surface area contributed by atoms with Crippen molar-refractivity contribution in [1.29, 1.82) is 0 Å². The molecular formula is C24H31N3O3. The molecular weight excluding hydrogens is 378 g/mol. The molecule has 1 aromatic carbocycles. The number of hydrogen-bond donors (Lipinski definition) is 0. The largest absolute Gasteiger partial charge is 0.496 e. The van der Waals surface area contributed by atoms with Crippen LogP contribution in [0.3, 0.4) is 0 Å². The van der Waals surface area contributed by atoms with Gasteiger partial charge in [-0.1, -0.05) is 18.6 Å². The molecule has 4 rings (SSSR count). The third-order valence-corrected chi connectivity index (χ3v) is 6.38. The number of hydrogen-bond acceptors (Lipinski definition) is 4. The lowest BCUT2D eigenvalue weighted by Crippen LogP contribution is -2.49. The molecule has 0 unspecified atom stereocenters. The van der Waals surface area contributed by atoms with E-state index in [0.717, 1.165) is 44.5 Å². The van der Waals surface area contributed by atoms with Crippen molar-refractivity contribution in [3.63, 3.8) is 0 Å². The van der Waals surface area contributed by atoms with Gasteiger partial charge in [0.15, 0.2) is 0 Å². The molecule has 6 nitrogen and oxygen atoms in total. The van der Waals surface area contributed by atoms with E-state index in [9.17, 15) is 9.59 Å². The van der Waals surface area contributed by atoms with Crippen LogP contribution >= 0.6 is 0 Å². The summed E-state index contributed by atoms with van der Waals surface area (Å²) in [5.74, 6) is 0.397. The van der Waals surface area contributed by atoms with Gasteiger partial charge < -0.3 is 19.1 Å². The molecule has 160 valence electrons. The predicted molar refractivity (Wildman–Crippen MR) is 119 cm³/mol. The highest BCUT2D eigenvalue weighted by Gasteiger charge is 2.29. The summed E-state index contributed by atoms with van der Waals surface area (Å²) in [6.45, 7) is 7.84. The Morgan fingerprint density at radius 2 is 1.73 bits per heavy atom. The Bertz CT molecular complexity index is 1000. The zero-order chi connectivity index (χ0) is 21.3. The van der Waals surface area contributed by atoms with Gasteiger partial charge in [-0.15, -0.1) is 0 Å². The van der Waals surface area contributed by atoms with Gasteiger partial charge in [0.05, 0.1) is 7.11 Å². The van der Waals surface area contributed by atoms with Crippen molar-refractivity contribution in [2.75, 3.05) is 38.2 Å². The maximum absolute atomic E-state index is 13.6. The number of benzene rings is 1. The van der Waals surface area contributed by atoms with Crippen LogP contribution in [-0.2, 0) is 13.0 Å². The van der Waals surface area contributed by atoms with Crippen molar-refractivity contribution in [1.82, 2.24) is 9.47 Å². The van der Waals surface area contributed by atoms with E-state index in [4.69, 9.17) is 4.74 Å². The molecule has 0 atom stereocenters. The average Bonchev–Trinajstić information content (AvgIpc) is 3.01. The highest BCUT2D eigenvalue weighted by molar-refractivity contribution is 5.98. The van der Waals surface area contributed by atoms with E-state index in [2.05, 4.69) is 36.9 Å². The molecule has 2 aliphatic heterocycles. The van der Waals surface area contributed by atoms with Crippen molar-refractivity contribution in [2.24, 2.45) is 0 Å². The number of methoxy groups -OCH3 is 1. The highest BCUT2D eigenvalue weighted by Crippen LogP contribution is 2.28. The van der Waals surface area contributed by atoms with Crippen molar-refractivity contribution in [3.8, 4) is 5.75 Å². The van der Waals surface area contributed by atoms with Crippen LogP contribution in [-0.4, -0.2) is 48.7 Å². The summed E-state index contributed by atoms with van der Waals surface area (Å²) in [7, 11) is 1.54. The van der Waals surface area contributed by atoms with Crippen LogP contribution in [0.5, 0.6) is 5.75 Å². The monoisotopic (exact) mass is 409 g/mol. The molecule has 1 aromatic heterocycles. The van der Waals surface area contributed by atoms with Gasteiger partial charge >= 0.3 is 0 Å². The van der Waals surface area contributed by atoms with Gasteiger partial charge in [-0.05, 0) is 50.3 Å².